The summed E-state index contributed by atoms with van der Waals surface area (Å²) in [6.45, 7) is 0. The minimum Gasteiger partial charge on any atom is -0.508 e. The minimum atomic E-state index is -3.88. The van der Waals surface area contributed by atoms with Crippen LogP contribution in [0.3, 0.4) is 0 Å². The standard InChI is InChI=1S/C21H17NO6S/c23-17-6-8-18(9-7-17)29(27,28)22-16-3-1-2-15(13-16)19(24)10-4-14-5-11-20(25)21(26)12-14/h1-13,22-23,25-26H. The highest BCUT2D eigenvalue weighted by atomic mass is 32.2. The van der Waals surface area contributed by atoms with Crippen LogP contribution in [-0.4, -0.2) is 29.5 Å². The van der Waals surface area contributed by atoms with E-state index in [1.54, 1.807) is 12.1 Å². The summed E-state index contributed by atoms with van der Waals surface area (Å²) in [4.78, 5) is 12.4. The van der Waals surface area contributed by atoms with Crippen molar-refractivity contribution in [3.8, 4) is 17.2 Å². The van der Waals surface area contributed by atoms with Gasteiger partial charge in [0.15, 0.2) is 17.3 Å². The summed E-state index contributed by atoms with van der Waals surface area (Å²) in [5.41, 5.74) is 0.979. The Bertz CT molecular complexity index is 1180. The molecule has 0 aliphatic heterocycles. The van der Waals surface area contributed by atoms with Crippen LogP contribution in [0.5, 0.6) is 17.2 Å². The van der Waals surface area contributed by atoms with Gasteiger partial charge in [0.05, 0.1) is 4.90 Å². The van der Waals surface area contributed by atoms with Crippen LogP contribution in [0.4, 0.5) is 5.69 Å². The van der Waals surface area contributed by atoms with Crippen molar-refractivity contribution in [2.75, 3.05) is 4.72 Å². The fourth-order valence-electron chi connectivity index (χ4n) is 2.49. The normalized spacial score (nSPS) is 11.4. The van der Waals surface area contributed by atoms with Crippen LogP contribution in [0, 0.1) is 0 Å². The second-order valence-corrected chi connectivity index (χ2v) is 7.81. The molecule has 29 heavy (non-hydrogen) atoms. The molecule has 3 rings (SSSR count). The van der Waals surface area contributed by atoms with Crippen molar-refractivity contribution in [2.45, 2.75) is 4.90 Å². The maximum Gasteiger partial charge on any atom is 0.261 e. The number of benzene rings is 3. The highest BCUT2D eigenvalue weighted by Crippen LogP contribution is 2.25. The molecule has 0 saturated heterocycles. The van der Waals surface area contributed by atoms with E-state index < -0.39 is 10.0 Å². The molecule has 0 aliphatic carbocycles. The summed E-state index contributed by atoms with van der Waals surface area (Å²) in [5.74, 6) is -0.985. The number of aromatic hydroxyl groups is 3. The number of phenols is 3. The molecule has 0 atom stereocenters. The number of allylic oxidation sites excluding steroid dienone is 1. The van der Waals surface area contributed by atoms with Crippen LogP contribution >= 0.6 is 0 Å². The van der Waals surface area contributed by atoms with Crippen LogP contribution in [0.25, 0.3) is 6.08 Å². The lowest BCUT2D eigenvalue weighted by atomic mass is 10.1. The Hall–Kier alpha value is -3.78. The zero-order valence-electron chi connectivity index (χ0n) is 15.0. The van der Waals surface area contributed by atoms with Gasteiger partial charge in [-0.3, -0.25) is 9.52 Å². The van der Waals surface area contributed by atoms with Gasteiger partial charge in [-0.15, -0.1) is 0 Å². The number of sulfonamides is 1. The van der Waals surface area contributed by atoms with E-state index in [1.165, 1.54) is 66.7 Å². The molecule has 0 amide bonds. The van der Waals surface area contributed by atoms with E-state index in [2.05, 4.69) is 4.72 Å². The highest BCUT2D eigenvalue weighted by Gasteiger charge is 2.15. The van der Waals surface area contributed by atoms with E-state index in [9.17, 15) is 28.5 Å². The van der Waals surface area contributed by atoms with Gasteiger partial charge in [-0.05, 0) is 60.2 Å². The van der Waals surface area contributed by atoms with Gasteiger partial charge >= 0.3 is 0 Å². The lowest BCUT2D eigenvalue weighted by Crippen LogP contribution is -2.13. The molecule has 3 aromatic carbocycles. The number of carbonyl (C=O) groups is 1. The summed E-state index contributed by atoms with van der Waals surface area (Å²) in [5, 5.41) is 28.1. The van der Waals surface area contributed by atoms with Gasteiger partial charge in [0, 0.05) is 11.3 Å². The van der Waals surface area contributed by atoms with Gasteiger partial charge in [-0.2, -0.15) is 0 Å². The lowest BCUT2D eigenvalue weighted by molar-refractivity contribution is 0.104. The second-order valence-electron chi connectivity index (χ2n) is 6.13. The van der Waals surface area contributed by atoms with E-state index in [0.29, 0.717) is 5.56 Å². The van der Waals surface area contributed by atoms with Crippen molar-refractivity contribution in [3.63, 3.8) is 0 Å². The quantitative estimate of drug-likeness (QED) is 0.280. The van der Waals surface area contributed by atoms with E-state index in [0.717, 1.165) is 0 Å². The summed E-state index contributed by atoms with van der Waals surface area (Å²) < 4.78 is 27.2. The van der Waals surface area contributed by atoms with E-state index >= 15 is 0 Å². The SMILES string of the molecule is O=C(C=Cc1ccc(O)c(O)c1)c1cccc(NS(=O)(=O)c2ccc(O)cc2)c1. The van der Waals surface area contributed by atoms with Crippen molar-refractivity contribution in [1.82, 2.24) is 0 Å². The Balaban J connectivity index is 1.78. The van der Waals surface area contributed by atoms with Crippen LogP contribution in [-0.2, 0) is 10.0 Å². The van der Waals surface area contributed by atoms with Gasteiger partial charge in [-0.25, -0.2) is 8.42 Å². The number of hydrogen-bond acceptors (Lipinski definition) is 6. The number of carbonyl (C=O) groups excluding carboxylic acids is 1. The molecule has 0 saturated carbocycles. The largest absolute Gasteiger partial charge is 0.508 e. The topological polar surface area (TPSA) is 124 Å². The molecule has 0 bridgehead atoms. The van der Waals surface area contributed by atoms with Gasteiger partial charge in [0.1, 0.15) is 5.75 Å². The third-order valence-corrected chi connectivity index (χ3v) is 5.37. The molecule has 4 N–H and O–H groups in total. The average molecular weight is 411 g/mol. The second kappa shape index (κ2) is 8.07. The molecule has 0 spiro atoms. The smallest absolute Gasteiger partial charge is 0.261 e. The van der Waals surface area contributed by atoms with Gasteiger partial charge < -0.3 is 15.3 Å². The fourth-order valence-corrected chi connectivity index (χ4v) is 3.54. The van der Waals surface area contributed by atoms with Crippen molar-refractivity contribution < 1.29 is 28.5 Å². The molecule has 7 nitrogen and oxygen atoms in total. The predicted molar refractivity (Wildman–Crippen MR) is 108 cm³/mol. The molecule has 0 unspecified atom stereocenters. The third-order valence-electron chi connectivity index (χ3n) is 3.97. The molecule has 0 heterocycles. The Morgan fingerprint density at radius 3 is 2.28 bits per heavy atom. The first-order valence-electron chi connectivity index (χ1n) is 8.41. The first kappa shape index (κ1) is 20.0. The van der Waals surface area contributed by atoms with Gasteiger partial charge in [0.25, 0.3) is 10.0 Å². The first-order valence-corrected chi connectivity index (χ1v) is 9.89. The number of rotatable bonds is 6. The number of ketones is 1. The molecule has 3 aromatic rings. The Labute approximate surface area is 167 Å². The molecule has 8 heteroatoms. The molecule has 148 valence electrons. The van der Waals surface area contributed by atoms with Gasteiger partial charge in [0.2, 0.25) is 0 Å². The molecule has 0 aliphatic rings. The van der Waals surface area contributed by atoms with Crippen LogP contribution in [0.1, 0.15) is 15.9 Å². The molecule has 0 radical (unpaired) electrons. The number of hydrogen-bond donors (Lipinski definition) is 4. The zero-order valence-corrected chi connectivity index (χ0v) is 15.8. The Kier molecular flexibility index (Phi) is 5.56. The van der Waals surface area contributed by atoms with E-state index in [-0.39, 0.29) is 39.2 Å². The molecular formula is C21H17NO6S. The summed E-state index contributed by atoms with van der Waals surface area (Å²) in [6.07, 6.45) is 2.74. The third kappa shape index (κ3) is 4.94. The van der Waals surface area contributed by atoms with Crippen molar-refractivity contribution in [3.05, 3.63) is 83.9 Å². The fraction of sp³-hybridized carbons (Fsp3) is 0. The Morgan fingerprint density at radius 2 is 1.59 bits per heavy atom. The Morgan fingerprint density at radius 1 is 0.862 bits per heavy atom. The monoisotopic (exact) mass is 411 g/mol. The molecule has 0 fully saturated rings. The molecule has 0 aromatic heterocycles. The highest BCUT2D eigenvalue weighted by molar-refractivity contribution is 7.92. The zero-order chi connectivity index (χ0) is 21.0. The maximum absolute atomic E-state index is 12.4. The summed E-state index contributed by atoms with van der Waals surface area (Å²) >= 11 is 0. The summed E-state index contributed by atoms with van der Waals surface area (Å²) in [6, 6.07) is 15.2. The number of anilines is 1. The van der Waals surface area contributed by atoms with Crippen LogP contribution in [0.2, 0.25) is 0 Å². The predicted octanol–water partition coefficient (Wildman–Crippen LogP) is 3.50. The first-order chi connectivity index (χ1) is 13.7. The van der Waals surface area contributed by atoms with E-state index in [1.807, 2.05) is 0 Å². The van der Waals surface area contributed by atoms with Crippen LogP contribution < -0.4 is 4.72 Å². The average Bonchev–Trinajstić information content (AvgIpc) is 2.69. The van der Waals surface area contributed by atoms with E-state index in [4.69, 9.17) is 0 Å². The van der Waals surface area contributed by atoms with Crippen molar-refractivity contribution >= 4 is 27.6 Å². The minimum absolute atomic E-state index is 0.0286. The maximum atomic E-state index is 12.4. The number of phenolic OH excluding ortho intramolecular Hbond substituents is 3. The van der Waals surface area contributed by atoms with Crippen molar-refractivity contribution in [1.29, 1.82) is 0 Å². The lowest BCUT2D eigenvalue weighted by Gasteiger charge is -2.09. The van der Waals surface area contributed by atoms with Gasteiger partial charge in [-0.1, -0.05) is 24.3 Å². The molecular weight excluding hydrogens is 394 g/mol. The summed E-state index contributed by atoms with van der Waals surface area (Å²) in [7, 11) is -3.88. The van der Waals surface area contributed by atoms with Crippen LogP contribution in [0.15, 0.2) is 77.7 Å². The number of nitrogens with one attached hydrogen (secondary N) is 1. The van der Waals surface area contributed by atoms with Crippen molar-refractivity contribution in [2.24, 2.45) is 0 Å².